The van der Waals surface area contributed by atoms with E-state index in [1.165, 1.54) is 11.3 Å². The van der Waals surface area contributed by atoms with E-state index in [0.29, 0.717) is 41.6 Å². The number of fused-ring (bicyclic) bond motifs is 2. The lowest BCUT2D eigenvalue weighted by atomic mass is 10.2. The molecular weight excluding hydrogens is 380 g/mol. The summed E-state index contributed by atoms with van der Waals surface area (Å²) in [6, 6.07) is 11.0. The Morgan fingerprint density at radius 1 is 1.21 bits per heavy atom. The number of thiazole rings is 1. The van der Waals surface area contributed by atoms with Crippen LogP contribution in [0.5, 0.6) is 17.2 Å². The van der Waals surface area contributed by atoms with Crippen molar-refractivity contribution in [1.29, 1.82) is 0 Å². The maximum absolute atomic E-state index is 12.8. The van der Waals surface area contributed by atoms with Gasteiger partial charge in [0, 0.05) is 19.2 Å². The summed E-state index contributed by atoms with van der Waals surface area (Å²) in [5, 5.41) is 0. The molecule has 0 N–H and O–H groups in total. The molecule has 1 aliphatic heterocycles. The maximum Gasteiger partial charge on any atom is 0.279 e. The minimum absolute atomic E-state index is 0.166. The first-order valence-electron chi connectivity index (χ1n) is 8.93. The molecule has 146 valence electrons. The molecule has 0 saturated carbocycles. The molecular formula is C20H20N2O5S. The molecule has 28 heavy (non-hydrogen) atoms. The molecule has 7 nitrogen and oxygen atoms in total. The second-order valence-electron chi connectivity index (χ2n) is 6.08. The molecule has 0 atom stereocenters. The summed E-state index contributed by atoms with van der Waals surface area (Å²) in [6.07, 6.45) is 0. The minimum atomic E-state index is -0.332. The van der Waals surface area contributed by atoms with Gasteiger partial charge in [-0.25, -0.2) is 0 Å². The first-order valence-corrected chi connectivity index (χ1v) is 9.75. The van der Waals surface area contributed by atoms with Gasteiger partial charge in [-0.15, -0.1) is 0 Å². The lowest BCUT2D eigenvalue weighted by Crippen LogP contribution is -2.19. The van der Waals surface area contributed by atoms with Crippen LogP contribution in [-0.4, -0.2) is 37.6 Å². The summed E-state index contributed by atoms with van der Waals surface area (Å²) >= 11 is 1.45. The van der Waals surface area contributed by atoms with Crippen LogP contribution in [0.2, 0.25) is 0 Å². The van der Waals surface area contributed by atoms with Crippen LogP contribution >= 0.6 is 11.3 Å². The van der Waals surface area contributed by atoms with E-state index in [0.717, 1.165) is 16.0 Å². The molecule has 8 heteroatoms. The number of rotatable bonds is 6. The van der Waals surface area contributed by atoms with Crippen LogP contribution in [0.25, 0.3) is 10.2 Å². The highest BCUT2D eigenvalue weighted by atomic mass is 32.1. The highest BCUT2D eigenvalue weighted by molar-refractivity contribution is 7.16. The Labute approximate surface area is 165 Å². The zero-order valence-corrected chi connectivity index (χ0v) is 16.5. The summed E-state index contributed by atoms with van der Waals surface area (Å²) in [6.45, 7) is 3.82. The predicted octanol–water partition coefficient (Wildman–Crippen LogP) is 3.22. The van der Waals surface area contributed by atoms with Crippen molar-refractivity contribution in [2.75, 3.05) is 27.1 Å². The summed E-state index contributed by atoms with van der Waals surface area (Å²) in [5.41, 5.74) is 1.44. The number of hydrogen-bond donors (Lipinski definition) is 0. The number of methoxy groups -OCH3 is 1. The zero-order chi connectivity index (χ0) is 19.5. The average Bonchev–Trinajstić information content (AvgIpc) is 3.29. The normalized spacial score (nSPS) is 13.3. The minimum Gasteiger partial charge on any atom is -0.494 e. The van der Waals surface area contributed by atoms with Crippen LogP contribution in [0.1, 0.15) is 17.3 Å². The first kappa shape index (κ1) is 18.5. The number of ether oxygens (including phenoxy) is 4. The van der Waals surface area contributed by atoms with Crippen molar-refractivity contribution in [3.63, 3.8) is 0 Å². The van der Waals surface area contributed by atoms with E-state index in [1.807, 2.05) is 29.7 Å². The summed E-state index contributed by atoms with van der Waals surface area (Å²) in [5.74, 6) is 1.66. The van der Waals surface area contributed by atoms with E-state index in [9.17, 15) is 4.79 Å². The van der Waals surface area contributed by atoms with Crippen molar-refractivity contribution < 1.29 is 23.7 Å². The molecule has 0 bridgehead atoms. The van der Waals surface area contributed by atoms with Gasteiger partial charge in [0.15, 0.2) is 16.3 Å². The van der Waals surface area contributed by atoms with Crippen molar-refractivity contribution in [3.8, 4) is 17.2 Å². The molecule has 0 spiro atoms. The molecule has 0 saturated heterocycles. The molecule has 0 fully saturated rings. The molecule has 0 unspecified atom stereocenters. The maximum atomic E-state index is 12.8. The Balaban J connectivity index is 1.75. The van der Waals surface area contributed by atoms with Gasteiger partial charge in [-0.05, 0) is 43.3 Å². The van der Waals surface area contributed by atoms with Crippen molar-refractivity contribution in [1.82, 2.24) is 4.57 Å². The van der Waals surface area contributed by atoms with Crippen molar-refractivity contribution in [3.05, 3.63) is 46.8 Å². The molecule has 1 amide bonds. The van der Waals surface area contributed by atoms with E-state index in [-0.39, 0.29) is 12.7 Å². The Morgan fingerprint density at radius 3 is 2.89 bits per heavy atom. The zero-order valence-electron chi connectivity index (χ0n) is 15.6. The molecule has 0 aliphatic carbocycles. The van der Waals surface area contributed by atoms with Crippen LogP contribution in [0.4, 0.5) is 0 Å². The number of aromatic nitrogens is 1. The fraction of sp³-hybridized carbons (Fsp3) is 0.300. The van der Waals surface area contributed by atoms with E-state index in [2.05, 4.69) is 4.99 Å². The van der Waals surface area contributed by atoms with Gasteiger partial charge in [0.1, 0.15) is 5.75 Å². The second kappa shape index (κ2) is 8.04. The fourth-order valence-corrected chi connectivity index (χ4v) is 4.06. The van der Waals surface area contributed by atoms with Gasteiger partial charge >= 0.3 is 0 Å². The second-order valence-corrected chi connectivity index (χ2v) is 7.09. The van der Waals surface area contributed by atoms with Gasteiger partial charge in [0.05, 0.1) is 23.4 Å². The third-order valence-electron chi connectivity index (χ3n) is 4.30. The fourth-order valence-electron chi connectivity index (χ4n) is 2.97. The number of carbonyl (C=O) groups excluding carboxylic acids is 1. The summed E-state index contributed by atoms with van der Waals surface area (Å²) in [7, 11) is 1.65. The third kappa shape index (κ3) is 3.61. The lowest BCUT2D eigenvalue weighted by Gasteiger charge is -2.06. The van der Waals surface area contributed by atoms with Gasteiger partial charge < -0.3 is 23.5 Å². The van der Waals surface area contributed by atoms with E-state index < -0.39 is 0 Å². The van der Waals surface area contributed by atoms with E-state index in [4.69, 9.17) is 18.9 Å². The molecule has 3 aromatic rings. The topological polar surface area (TPSA) is 71.3 Å². The van der Waals surface area contributed by atoms with Crippen LogP contribution in [0.15, 0.2) is 41.4 Å². The largest absolute Gasteiger partial charge is 0.494 e. The standard InChI is InChI=1S/C20H20N2O5S/c1-3-25-14-5-6-15-18(11-14)28-20(22(15)8-9-24-2)21-19(23)13-4-7-16-17(10-13)27-12-26-16/h4-7,10-11H,3,8-9,12H2,1-2H3. The van der Waals surface area contributed by atoms with Gasteiger partial charge in [-0.2, -0.15) is 4.99 Å². The van der Waals surface area contributed by atoms with E-state index in [1.54, 1.807) is 25.3 Å². The monoisotopic (exact) mass is 400 g/mol. The Kier molecular flexibility index (Phi) is 5.31. The van der Waals surface area contributed by atoms with Crippen molar-refractivity contribution in [2.24, 2.45) is 4.99 Å². The molecule has 1 aliphatic rings. The van der Waals surface area contributed by atoms with Gasteiger partial charge in [0.25, 0.3) is 5.91 Å². The molecule has 1 aromatic heterocycles. The lowest BCUT2D eigenvalue weighted by molar-refractivity contribution is 0.0997. The molecule has 2 heterocycles. The average molecular weight is 400 g/mol. The van der Waals surface area contributed by atoms with Crippen LogP contribution in [0, 0.1) is 0 Å². The Hall–Kier alpha value is -2.84. The van der Waals surface area contributed by atoms with Gasteiger partial charge in [-0.1, -0.05) is 11.3 Å². The van der Waals surface area contributed by atoms with E-state index >= 15 is 0 Å². The highest BCUT2D eigenvalue weighted by Crippen LogP contribution is 2.32. The van der Waals surface area contributed by atoms with Gasteiger partial charge in [0.2, 0.25) is 6.79 Å². The summed E-state index contributed by atoms with van der Waals surface area (Å²) < 4.78 is 24.4. The smallest absolute Gasteiger partial charge is 0.279 e. The predicted molar refractivity (Wildman–Crippen MR) is 105 cm³/mol. The number of carbonyl (C=O) groups is 1. The molecule has 4 rings (SSSR count). The van der Waals surface area contributed by atoms with Gasteiger partial charge in [-0.3, -0.25) is 4.79 Å². The molecule has 0 radical (unpaired) electrons. The number of hydrogen-bond acceptors (Lipinski definition) is 6. The highest BCUT2D eigenvalue weighted by Gasteiger charge is 2.16. The Bertz CT molecular complexity index is 1090. The SMILES string of the molecule is CCOc1ccc2c(c1)sc(=NC(=O)c1ccc3c(c1)OCO3)n2CCOC. The summed E-state index contributed by atoms with van der Waals surface area (Å²) in [4.78, 5) is 17.7. The number of amides is 1. The molecule has 2 aromatic carbocycles. The van der Waals surface area contributed by atoms with Crippen LogP contribution < -0.4 is 19.0 Å². The Morgan fingerprint density at radius 2 is 2.07 bits per heavy atom. The third-order valence-corrected chi connectivity index (χ3v) is 5.34. The first-order chi connectivity index (χ1) is 13.7. The van der Waals surface area contributed by atoms with Crippen molar-refractivity contribution >= 4 is 27.5 Å². The number of nitrogens with zero attached hydrogens (tertiary/aromatic N) is 2. The number of benzene rings is 2. The van der Waals surface area contributed by atoms with Crippen LogP contribution in [-0.2, 0) is 11.3 Å². The van der Waals surface area contributed by atoms with Crippen molar-refractivity contribution in [2.45, 2.75) is 13.5 Å². The van der Waals surface area contributed by atoms with Crippen LogP contribution in [0.3, 0.4) is 0 Å². The quantitative estimate of drug-likeness (QED) is 0.635.